The number of amides is 1. The van der Waals surface area contributed by atoms with Gasteiger partial charge in [0.15, 0.2) is 0 Å². The van der Waals surface area contributed by atoms with Gasteiger partial charge in [-0.1, -0.05) is 28.7 Å². The van der Waals surface area contributed by atoms with Gasteiger partial charge in [0.1, 0.15) is 5.82 Å². The first kappa shape index (κ1) is 24.5. The molecule has 1 N–H and O–H groups in total. The van der Waals surface area contributed by atoms with Crippen LogP contribution in [0.3, 0.4) is 0 Å². The van der Waals surface area contributed by atoms with Crippen LogP contribution in [0.4, 0.5) is 15.8 Å². The molecule has 0 atom stereocenters. The Balaban J connectivity index is 0.00000155. The maximum atomic E-state index is 13.6. The van der Waals surface area contributed by atoms with Crippen LogP contribution in [-0.4, -0.2) is 57.4 Å². The summed E-state index contributed by atoms with van der Waals surface area (Å²) in [6.07, 6.45) is 0.995. The molecule has 0 aliphatic carbocycles. The van der Waals surface area contributed by atoms with Crippen molar-refractivity contribution in [2.45, 2.75) is 23.1 Å². The van der Waals surface area contributed by atoms with Crippen molar-refractivity contribution in [3.05, 3.63) is 48.3 Å². The smallest absolute Gasteiger partial charge is 0.221 e. The van der Waals surface area contributed by atoms with Crippen molar-refractivity contribution in [3.63, 3.8) is 0 Å². The molecule has 0 aromatic heterocycles. The second-order valence-electron chi connectivity index (χ2n) is 6.97. The number of hydrogen-bond acceptors (Lipinski definition) is 5. The topological polar surface area (TPSA) is 69.7 Å². The Morgan fingerprint density at radius 2 is 1.80 bits per heavy atom. The number of sulfone groups is 1. The van der Waals surface area contributed by atoms with E-state index in [-0.39, 0.29) is 21.4 Å². The van der Waals surface area contributed by atoms with Crippen LogP contribution in [0.1, 0.15) is 13.3 Å². The van der Waals surface area contributed by atoms with Crippen LogP contribution in [0, 0.1) is 5.82 Å². The van der Waals surface area contributed by atoms with Crippen LogP contribution in [-0.2, 0) is 14.6 Å². The summed E-state index contributed by atoms with van der Waals surface area (Å²) >= 11 is 2.15. The van der Waals surface area contributed by atoms with E-state index in [1.807, 2.05) is 4.93 Å². The molecule has 0 spiro atoms. The summed E-state index contributed by atoms with van der Waals surface area (Å²) in [4.78, 5) is 17.9. The monoisotopic (exact) mass is 547 g/mol. The number of nitrogens with zero attached hydrogens (tertiary/aromatic N) is 2. The summed E-state index contributed by atoms with van der Waals surface area (Å²) in [5.41, 5.74) is 1.05. The van der Waals surface area contributed by atoms with Gasteiger partial charge in [0.25, 0.3) is 0 Å². The number of hydrogen-bond donors (Lipinski definition) is 1. The molecule has 0 unspecified atom stereocenters. The Hall–Kier alpha value is -1.72. The summed E-state index contributed by atoms with van der Waals surface area (Å²) in [6, 6.07) is 9.76. The number of alkyl halides is 1. The quantitative estimate of drug-likeness (QED) is 0.466. The van der Waals surface area contributed by atoms with Gasteiger partial charge in [-0.15, -0.1) is 0 Å². The van der Waals surface area contributed by atoms with E-state index in [4.69, 9.17) is 0 Å². The molecule has 9 heteroatoms. The lowest BCUT2D eigenvalue weighted by Crippen LogP contribution is -2.28. The minimum Gasteiger partial charge on any atom is -0.370 e. The molecule has 1 aliphatic rings. The number of likely N-dealkylation sites (N-methyl/N-ethyl adjacent to an activating group) is 1. The number of nitrogens with one attached hydrogen (secondary N) is 1. The van der Waals surface area contributed by atoms with Crippen LogP contribution < -0.4 is 10.2 Å². The van der Waals surface area contributed by atoms with Crippen molar-refractivity contribution in [3.8, 4) is 0 Å². The van der Waals surface area contributed by atoms with Gasteiger partial charge >= 0.3 is 0 Å². The van der Waals surface area contributed by atoms with E-state index in [1.54, 1.807) is 12.1 Å². The predicted molar refractivity (Wildman–Crippen MR) is 127 cm³/mol. The molecule has 1 fully saturated rings. The number of anilines is 2. The van der Waals surface area contributed by atoms with Gasteiger partial charge in [0.2, 0.25) is 15.7 Å². The van der Waals surface area contributed by atoms with Gasteiger partial charge in [-0.25, -0.2) is 12.8 Å². The Bertz CT molecular complexity index is 985. The maximum absolute atomic E-state index is 13.6. The van der Waals surface area contributed by atoms with Crippen molar-refractivity contribution in [1.29, 1.82) is 0 Å². The van der Waals surface area contributed by atoms with Gasteiger partial charge in [0.05, 0.1) is 15.5 Å². The molecule has 1 aliphatic heterocycles. The molecule has 164 valence electrons. The minimum atomic E-state index is -3.98. The summed E-state index contributed by atoms with van der Waals surface area (Å²) in [6.45, 7) is 4.89. The zero-order valence-corrected chi connectivity index (χ0v) is 20.3. The Labute approximate surface area is 191 Å². The molecule has 1 heterocycles. The fraction of sp³-hybridized carbons (Fsp3) is 0.381. The number of benzene rings is 2. The van der Waals surface area contributed by atoms with E-state index in [0.717, 1.165) is 44.4 Å². The maximum Gasteiger partial charge on any atom is 0.221 e. The van der Waals surface area contributed by atoms with Crippen molar-refractivity contribution in [2.75, 3.05) is 48.4 Å². The SMILES string of the molecule is CC(=O)Nc1cc(N2CCCN(C)CC2)ccc1S(=O)(=O)c1cccc(F)c1.CI. The lowest BCUT2D eigenvalue weighted by atomic mass is 10.2. The molecular weight excluding hydrogens is 520 g/mol. The van der Waals surface area contributed by atoms with Crippen molar-refractivity contribution < 1.29 is 17.6 Å². The summed E-state index contributed by atoms with van der Waals surface area (Å²) < 4.78 is 39.6. The van der Waals surface area contributed by atoms with Gasteiger partial charge < -0.3 is 15.1 Å². The van der Waals surface area contributed by atoms with Crippen LogP contribution in [0.15, 0.2) is 52.3 Å². The molecule has 1 saturated heterocycles. The van der Waals surface area contributed by atoms with Crippen molar-refractivity contribution >= 4 is 49.7 Å². The van der Waals surface area contributed by atoms with Crippen molar-refractivity contribution in [1.82, 2.24) is 4.90 Å². The van der Waals surface area contributed by atoms with Gasteiger partial charge in [-0.3, -0.25) is 4.79 Å². The van der Waals surface area contributed by atoms with E-state index < -0.39 is 15.7 Å². The first-order valence-corrected chi connectivity index (χ1v) is 13.1. The normalized spacial score (nSPS) is 15.0. The fourth-order valence-electron chi connectivity index (χ4n) is 3.30. The second-order valence-corrected chi connectivity index (χ2v) is 8.88. The molecule has 0 bridgehead atoms. The van der Waals surface area contributed by atoms with E-state index in [1.165, 1.54) is 31.2 Å². The average Bonchev–Trinajstić information content (AvgIpc) is 2.93. The molecule has 2 aromatic carbocycles. The summed E-state index contributed by atoms with van der Waals surface area (Å²) in [5, 5.41) is 2.62. The lowest BCUT2D eigenvalue weighted by Gasteiger charge is -2.24. The number of carbonyl (C=O) groups is 1. The highest BCUT2D eigenvalue weighted by Crippen LogP contribution is 2.32. The third-order valence-electron chi connectivity index (χ3n) is 4.75. The number of carbonyl (C=O) groups excluding carboxylic acids is 1. The summed E-state index contributed by atoms with van der Waals surface area (Å²) in [7, 11) is -1.91. The van der Waals surface area contributed by atoms with E-state index in [9.17, 15) is 17.6 Å². The second kappa shape index (κ2) is 11.1. The Kier molecular flexibility index (Phi) is 9.05. The fourth-order valence-corrected chi connectivity index (χ4v) is 4.73. The van der Waals surface area contributed by atoms with Crippen LogP contribution in [0.5, 0.6) is 0 Å². The first-order chi connectivity index (χ1) is 14.3. The molecule has 3 rings (SSSR count). The van der Waals surface area contributed by atoms with Gasteiger partial charge in [-0.2, -0.15) is 0 Å². The molecule has 2 aromatic rings. The van der Waals surface area contributed by atoms with E-state index in [0.29, 0.717) is 0 Å². The zero-order chi connectivity index (χ0) is 22.3. The van der Waals surface area contributed by atoms with E-state index >= 15 is 0 Å². The molecule has 0 radical (unpaired) electrons. The molecule has 30 heavy (non-hydrogen) atoms. The minimum absolute atomic E-state index is 0.0519. The van der Waals surface area contributed by atoms with Crippen LogP contribution >= 0.6 is 22.6 Å². The lowest BCUT2D eigenvalue weighted by molar-refractivity contribution is -0.114. The molecule has 1 amide bonds. The first-order valence-electron chi connectivity index (χ1n) is 9.51. The Morgan fingerprint density at radius 3 is 2.47 bits per heavy atom. The standard InChI is InChI=1S/C20H24FN3O3S.CH3I/c1-15(25)22-19-14-17(24-10-4-9-23(2)11-12-24)7-8-20(19)28(26,27)18-6-3-5-16(21)13-18;1-2/h3,5-8,13-14H,4,9-12H2,1-2H3,(H,22,25);1H3. The highest BCUT2D eigenvalue weighted by Gasteiger charge is 2.24. The molecular formula is C21H27FIN3O3S. The number of rotatable bonds is 4. The molecule has 0 saturated carbocycles. The third kappa shape index (κ3) is 6.14. The van der Waals surface area contributed by atoms with Gasteiger partial charge in [-0.05, 0) is 61.3 Å². The summed E-state index contributed by atoms with van der Waals surface area (Å²) in [5.74, 6) is -1.00. The predicted octanol–water partition coefficient (Wildman–Crippen LogP) is 3.81. The third-order valence-corrected chi connectivity index (χ3v) is 6.56. The zero-order valence-electron chi connectivity index (χ0n) is 17.4. The van der Waals surface area contributed by atoms with Crippen molar-refractivity contribution in [2.24, 2.45) is 0 Å². The average molecular weight is 547 g/mol. The Morgan fingerprint density at radius 1 is 1.07 bits per heavy atom. The van der Waals surface area contributed by atoms with Gasteiger partial charge in [0, 0.05) is 32.2 Å². The number of halogens is 2. The highest BCUT2D eigenvalue weighted by molar-refractivity contribution is 14.1. The van der Waals surface area contributed by atoms with Crippen LogP contribution in [0.2, 0.25) is 0 Å². The largest absolute Gasteiger partial charge is 0.370 e. The molecule has 6 nitrogen and oxygen atoms in total. The highest BCUT2D eigenvalue weighted by atomic mass is 127. The van der Waals surface area contributed by atoms with E-state index in [2.05, 4.69) is 44.8 Å². The van der Waals surface area contributed by atoms with Crippen LogP contribution in [0.25, 0.3) is 0 Å².